The van der Waals surface area contributed by atoms with Crippen LogP contribution in [0.2, 0.25) is 0 Å². The highest BCUT2D eigenvalue weighted by atomic mass is 16.3. The Balaban J connectivity index is 1.65. The quantitative estimate of drug-likeness (QED) is 0.0617. The first-order valence-electron chi connectivity index (χ1n) is 24.3. The Kier molecular flexibility index (Phi) is 24.1. The van der Waals surface area contributed by atoms with Gasteiger partial charge in [0.1, 0.15) is 42.1 Å². The van der Waals surface area contributed by atoms with Crippen LogP contribution < -0.4 is 32.3 Å². The highest BCUT2D eigenvalue weighted by Gasteiger charge is 2.34. The van der Waals surface area contributed by atoms with Gasteiger partial charge in [-0.25, -0.2) is 0 Å². The number of carbonyl (C=O) groups is 8. The third-order valence-corrected chi connectivity index (χ3v) is 12.6. The van der Waals surface area contributed by atoms with Gasteiger partial charge in [-0.1, -0.05) is 102 Å². The van der Waals surface area contributed by atoms with Crippen LogP contribution in [0.5, 0.6) is 5.75 Å². The number of nitrogens with one attached hydrogen (secondary N) is 5. The average molecular weight is 965 g/mol. The summed E-state index contributed by atoms with van der Waals surface area (Å²) in [7, 11) is 2.75. The first-order chi connectivity index (χ1) is 32.8. The molecule has 2 aromatic carbocycles. The van der Waals surface area contributed by atoms with Crippen LogP contribution in [0.3, 0.4) is 0 Å². The standard InChI is InChI=1S/C50H76N8O11/c1-7-8-9-10-11-12-13-14-15-16-17-18-19-20-42(62)57(5)39(30-59)49(68)54-32(3)46(65)53-29-43(63)58(6)44-35-23-21-31(2)36(27-35)37-25-34(22-24-40(37)60)26-38(48(67)52-28-41(61)45(51)64)56-47(66)33(4)55-50(44)69/h21-25,27,32-33,38-39,41,44,59-61H,7-20,26,28-30H2,1-6H3,(H2,51,64)(H,52,67)(H,53,65)(H,54,68)(H,55,69)(H,56,66)/t32-,33+,38+,39-,41?,44+/m1/s1. The van der Waals surface area contributed by atoms with E-state index < -0.39 is 97.4 Å². The van der Waals surface area contributed by atoms with Crippen molar-refractivity contribution in [1.82, 2.24) is 36.4 Å². The summed E-state index contributed by atoms with van der Waals surface area (Å²) >= 11 is 0. The van der Waals surface area contributed by atoms with Crippen LogP contribution in [0.25, 0.3) is 11.1 Å². The number of fused-ring (bicyclic) bond motifs is 5. The van der Waals surface area contributed by atoms with Crippen molar-refractivity contribution >= 4 is 47.3 Å². The van der Waals surface area contributed by atoms with Crippen LogP contribution in [0.15, 0.2) is 36.4 Å². The second-order valence-electron chi connectivity index (χ2n) is 18.1. The van der Waals surface area contributed by atoms with E-state index in [1.165, 1.54) is 96.7 Å². The predicted octanol–water partition coefficient (Wildman–Crippen LogP) is 2.30. The molecular formula is C50H76N8O11. The molecule has 8 amide bonds. The number of hydrogen-bond donors (Lipinski definition) is 9. The number of phenols is 1. The molecule has 1 aliphatic heterocycles. The number of hydrogen-bond acceptors (Lipinski definition) is 11. The number of amides is 8. The molecule has 4 bridgehead atoms. The molecule has 0 radical (unpaired) electrons. The van der Waals surface area contributed by atoms with Crippen molar-refractivity contribution in [3.63, 3.8) is 0 Å². The number of aryl methyl sites for hydroxylation is 1. The number of unbranched alkanes of at least 4 members (excludes halogenated alkanes) is 12. The molecule has 10 N–H and O–H groups in total. The van der Waals surface area contributed by atoms with E-state index in [1.807, 2.05) is 0 Å². The van der Waals surface area contributed by atoms with Crippen molar-refractivity contribution in [2.45, 2.75) is 160 Å². The van der Waals surface area contributed by atoms with Gasteiger partial charge in [0.2, 0.25) is 47.3 Å². The van der Waals surface area contributed by atoms with Crippen molar-refractivity contribution in [3.8, 4) is 16.9 Å². The third kappa shape index (κ3) is 18.1. The molecule has 0 fully saturated rings. The van der Waals surface area contributed by atoms with Crippen LogP contribution in [0.1, 0.15) is 133 Å². The Labute approximate surface area is 406 Å². The van der Waals surface area contributed by atoms with Gasteiger partial charge >= 0.3 is 0 Å². The molecular weight excluding hydrogens is 889 g/mol. The van der Waals surface area contributed by atoms with E-state index in [2.05, 4.69) is 33.5 Å². The normalized spacial score (nSPS) is 17.2. The number of aliphatic hydroxyl groups excluding tert-OH is 2. The van der Waals surface area contributed by atoms with Gasteiger partial charge in [0.25, 0.3) is 0 Å². The smallest absolute Gasteiger partial charge is 0.248 e. The summed E-state index contributed by atoms with van der Waals surface area (Å²) in [5.41, 5.74) is 7.40. The molecule has 3 rings (SSSR count). The van der Waals surface area contributed by atoms with Gasteiger partial charge in [-0.3, -0.25) is 38.4 Å². The van der Waals surface area contributed by atoms with E-state index in [9.17, 15) is 53.7 Å². The molecule has 1 unspecified atom stereocenters. The minimum absolute atomic E-state index is 0.0941. The zero-order valence-corrected chi connectivity index (χ0v) is 41.2. The lowest BCUT2D eigenvalue weighted by Gasteiger charge is -2.30. The molecule has 2 aromatic rings. The summed E-state index contributed by atoms with van der Waals surface area (Å²) in [4.78, 5) is 108. The number of primary amides is 1. The number of benzene rings is 2. The minimum atomic E-state index is -1.69. The number of aromatic hydroxyl groups is 1. The van der Waals surface area contributed by atoms with Gasteiger partial charge in [0.05, 0.1) is 19.7 Å². The number of aliphatic hydroxyl groups is 2. The molecule has 0 saturated heterocycles. The number of nitrogens with zero attached hydrogens (tertiary/aromatic N) is 2. The lowest BCUT2D eigenvalue weighted by atomic mass is 9.91. The van der Waals surface area contributed by atoms with Crippen LogP contribution in [-0.2, 0) is 44.8 Å². The third-order valence-electron chi connectivity index (χ3n) is 12.6. The van der Waals surface area contributed by atoms with E-state index in [0.717, 1.165) is 24.2 Å². The zero-order valence-electron chi connectivity index (χ0n) is 41.2. The highest BCUT2D eigenvalue weighted by Crippen LogP contribution is 2.35. The molecule has 1 aliphatic rings. The maximum atomic E-state index is 14.1. The number of phenolic OH excluding ortho intramolecular Hbond substituents is 1. The maximum Gasteiger partial charge on any atom is 0.248 e. The lowest BCUT2D eigenvalue weighted by Crippen LogP contribution is -2.56. The average Bonchev–Trinajstić information content (AvgIpc) is 3.31. The Bertz CT molecular complexity index is 2080. The first-order valence-corrected chi connectivity index (χ1v) is 24.3. The zero-order chi connectivity index (χ0) is 51.2. The van der Waals surface area contributed by atoms with Gasteiger partial charge in [-0.15, -0.1) is 0 Å². The summed E-state index contributed by atoms with van der Waals surface area (Å²) < 4.78 is 0. The Hall–Kier alpha value is -6.08. The van der Waals surface area contributed by atoms with E-state index in [1.54, 1.807) is 37.3 Å². The molecule has 19 nitrogen and oxygen atoms in total. The van der Waals surface area contributed by atoms with Gasteiger partial charge in [0, 0.05) is 32.5 Å². The molecule has 69 heavy (non-hydrogen) atoms. The largest absolute Gasteiger partial charge is 0.507 e. The van der Waals surface area contributed by atoms with E-state index in [0.29, 0.717) is 34.2 Å². The monoisotopic (exact) mass is 965 g/mol. The molecule has 1 heterocycles. The molecule has 0 aromatic heterocycles. The summed E-state index contributed by atoms with van der Waals surface area (Å²) in [5, 5.41) is 43.5. The lowest BCUT2D eigenvalue weighted by molar-refractivity contribution is -0.142. The first kappa shape index (κ1) is 57.2. The van der Waals surface area contributed by atoms with Gasteiger partial charge < -0.3 is 57.4 Å². The summed E-state index contributed by atoms with van der Waals surface area (Å²) in [6.07, 6.45) is 13.5. The summed E-state index contributed by atoms with van der Waals surface area (Å²) in [5.74, 6) is -6.16. The van der Waals surface area contributed by atoms with Gasteiger partial charge in [-0.2, -0.15) is 0 Å². The molecule has 19 heteroatoms. The van der Waals surface area contributed by atoms with E-state index >= 15 is 0 Å². The van der Waals surface area contributed by atoms with Crippen LogP contribution in [0, 0.1) is 6.92 Å². The van der Waals surface area contributed by atoms with Crippen molar-refractivity contribution in [2.24, 2.45) is 5.73 Å². The van der Waals surface area contributed by atoms with E-state index in [4.69, 9.17) is 5.73 Å². The van der Waals surface area contributed by atoms with E-state index in [-0.39, 0.29) is 24.5 Å². The highest BCUT2D eigenvalue weighted by molar-refractivity contribution is 5.97. The fourth-order valence-corrected chi connectivity index (χ4v) is 8.08. The Morgan fingerprint density at radius 1 is 0.797 bits per heavy atom. The summed E-state index contributed by atoms with van der Waals surface area (Å²) in [6, 6.07) is 3.09. The molecule has 0 spiro atoms. The minimum Gasteiger partial charge on any atom is -0.507 e. The molecule has 0 aliphatic carbocycles. The molecule has 0 saturated carbocycles. The van der Waals surface area contributed by atoms with Crippen LogP contribution >= 0.6 is 0 Å². The number of nitrogens with two attached hydrogens (primary N) is 1. The van der Waals surface area contributed by atoms with Gasteiger partial charge in [0.15, 0.2) is 0 Å². The van der Waals surface area contributed by atoms with Crippen molar-refractivity contribution in [2.75, 3.05) is 33.8 Å². The fraction of sp³-hybridized carbons (Fsp3) is 0.600. The van der Waals surface area contributed by atoms with Crippen LogP contribution in [-0.4, -0.2) is 136 Å². The topological polar surface area (TPSA) is 290 Å². The van der Waals surface area contributed by atoms with Crippen molar-refractivity contribution in [3.05, 3.63) is 53.1 Å². The van der Waals surface area contributed by atoms with Crippen molar-refractivity contribution in [1.29, 1.82) is 0 Å². The summed E-state index contributed by atoms with van der Waals surface area (Å²) in [6.45, 7) is 4.90. The van der Waals surface area contributed by atoms with Crippen molar-refractivity contribution < 1.29 is 53.7 Å². The Morgan fingerprint density at radius 3 is 2.00 bits per heavy atom. The number of rotatable bonds is 26. The number of likely N-dealkylation sites (N-methyl/N-ethyl adjacent to an activating group) is 2. The fourth-order valence-electron chi connectivity index (χ4n) is 8.08. The second-order valence-corrected chi connectivity index (χ2v) is 18.1. The Morgan fingerprint density at radius 2 is 1.41 bits per heavy atom. The van der Waals surface area contributed by atoms with Crippen LogP contribution in [0.4, 0.5) is 0 Å². The van der Waals surface area contributed by atoms with Gasteiger partial charge in [-0.05, 0) is 67.6 Å². The molecule has 382 valence electrons. The second kappa shape index (κ2) is 29.1. The molecule has 6 atom stereocenters. The number of carbonyl (C=O) groups excluding carboxylic acids is 8. The predicted molar refractivity (Wildman–Crippen MR) is 260 cm³/mol. The maximum absolute atomic E-state index is 14.1. The SMILES string of the molecule is CCCCCCCCCCCCCCCC(=O)N(C)[C@H](CO)C(=O)N[C@H](C)C(=O)NCC(=O)N(C)[C@@H]1C(=O)N[C@@H](C)C(=O)N[C@H](C(=O)NCC(O)C(N)=O)Cc2ccc(O)c(c2)-c2cc1ccc2C.